The number of anilines is 3. The number of carbonyl (C=O) groups is 1. The summed E-state index contributed by atoms with van der Waals surface area (Å²) in [5.41, 5.74) is 4.51. The Balaban J connectivity index is 2.20. The Morgan fingerprint density at radius 2 is 2.05 bits per heavy atom. The van der Waals surface area contributed by atoms with Gasteiger partial charge in [-0.15, -0.1) is 0 Å². The van der Waals surface area contributed by atoms with Crippen molar-refractivity contribution in [2.75, 3.05) is 10.6 Å². The van der Waals surface area contributed by atoms with Gasteiger partial charge in [0.15, 0.2) is 0 Å². The third-order valence-electron chi connectivity index (χ3n) is 3.08. The summed E-state index contributed by atoms with van der Waals surface area (Å²) < 4.78 is 0. The Morgan fingerprint density at radius 3 is 2.65 bits per heavy atom. The minimum atomic E-state index is -0.120. The molecule has 0 bridgehead atoms. The van der Waals surface area contributed by atoms with E-state index in [1.807, 2.05) is 6.07 Å². The summed E-state index contributed by atoms with van der Waals surface area (Å²) in [7, 11) is 0. The van der Waals surface area contributed by atoms with Gasteiger partial charge in [-0.05, 0) is 36.6 Å². The number of amides is 1. The number of rotatable bonds is 4. The third kappa shape index (κ3) is 3.35. The van der Waals surface area contributed by atoms with E-state index in [1.54, 1.807) is 12.3 Å². The number of aromatic nitrogens is 1. The molecular formula is C16H19N3O. The second-order valence-corrected chi connectivity index (χ2v) is 4.70. The number of hydrogen-bond acceptors (Lipinski definition) is 3. The Bertz CT molecular complexity index is 606. The number of nitrogens with one attached hydrogen (secondary N) is 2. The fourth-order valence-corrected chi connectivity index (χ4v) is 2.07. The average molecular weight is 269 g/mol. The molecule has 1 heterocycles. The second kappa shape index (κ2) is 6.19. The lowest BCUT2D eigenvalue weighted by molar-refractivity contribution is -0.114. The predicted molar refractivity (Wildman–Crippen MR) is 82.4 cm³/mol. The summed E-state index contributed by atoms with van der Waals surface area (Å²) in [5, 5.41) is 6.05. The Morgan fingerprint density at radius 1 is 1.25 bits per heavy atom. The maximum Gasteiger partial charge on any atom is 0.222 e. The summed E-state index contributed by atoms with van der Waals surface area (Å²) in [4.78, 5) is 15.2. The van der Waals surface area contributed by atoms with Gasteiger partial charge >= 0.3 is 0 Å². The molecule has 104 valence electrons. The van der Waals surface area contributed by atoms with Crippen LogP contribution in [0.25, 0.3) is 0 Å². The van der Waals surface area contributed by atoms with Crippen molar-refractivity contribution in [3.05, 3.63) is 47.7 Å². The zero-order valence-corrected chi connectivity index (χ0v) is 12.0. The van der Waals surface area contributed by atoms with E-state index < -0.39 is 0 Å². The Kier molecular flexibility index (Phi) is 4.35. The van der Waals surface area contributed by atoms with Crippen LogP contribution >= 0.6 is 0 Å². The van der Waals surface area contributed by atoms with Gasteiger partial charge in [-0.3, -0.25) is 4.79 Å². The van der Waals surface area contributed by atoms with Crippen LogP contribution in [0.3, 0.4) is 0 Å². The van der Waals surface area contributed by atoms with E-state index in [2.05, 4.69) is 47.7 Å². The number of aryl methyl sites for hydroxylation is 2. The molecule has 0 radical (unpaired) electrons. The van der Waals surface area contributed by atoms with Gasteiger partial charge < -0.3 is 10.6 Å². The highest BCUT2D eigenvalue weighted by atomic mass is 16.1. The lowest BCUT2D eigenvalue weighted by Gasteiger charge is -2.14. The zero-order chi connectivity index (χ0) is 14.5. The van der Waals surface area contributed by atoms with Gasteiger partial charge in [0.25, 0.3) is 0 Å². The molecule has 1 aromatic heterocycles. The number of carbonyl (C=O) groups excluding carboxylic acids is 1. The van der Waals surface area contributed by atoms with Crippen LogP contribution in [0.2, 0.25) is 0 Å². The monoisotopic (exact) mass is 269 g/mol. The van der Waals surface area contributed by atoms with Gasteiger partial charge in [0.2, 0.25) is 5.91 Å². The van der Waals surface area contributed by atoms with Crippen molar-refractivity contribution >= 4 is 23.1 Å². The van der Waals surface area contributed by atoms with Crippen LogP contribution in [0.4, 0.5) is 17.2 Å². The largest absolute Gasteiger partial charge is 0.354 e. The Labute approximate surface area is 119 Å². The van der Waals surface area contributed by atoms with Crippen molar-refractivity contribution in [1.82, 2.24) is 4.98 Å². The van der Waals surface area contributed by atoms with Gasteiger partial charge in [-0.1, -0.05) is 25.1 Å². The first-order valence-electron chi connectivity index (χ1n) is 6.69. The first kappa shape index (κ1) is 14.1. The zero-order valence-electron chi connectivity index (χ0n) is 12.0. The molecule has 0 fully saturated rings. The molecule has 2 N–H and O–H groups in total. The van der Waals surface area contributed by atoms with Gasteiger partial charge in [0, 0.05) is 12.6 Å². The van der Waals surface area contributed by atoms with Crippen LogP contribution in [-0.4, -0.2) is 10.9 Å². The molecule has 0 saturated carbocycles. The van der Waals surface area contributed by atoms with Crippen molar-refractivity contribution in [2.45, 2.75) is 27.2 Å². The number of nitrogens with zero attached hydrogens (tertiary/aromatic N) is 1. The van der Waals surface area contributed by atoms with E-state index in [-0.39, 0.29) is 5.91 Å². The quantitative estimate of drug-likeness (QED) is 0.890. The van der Waals surface area contributed by atoms with Gasteiger partial charge in [0.1, 0.15) is 5.82 Å². The maximum absolute atomic E-state index is 11.0. The van der Waals surface area contributed by atoms with Crippen LogP contribution in [-0.2, 0) is 11.2 Å². The molecule has 2 aromatic rings. The first-order chi connectivity index (χ1) is 9.60. The minimum Gasteiger partial charge on any atom is -0.354 e. The fourth-order valence-electron chi connectivity index (χ4n) is 2.07. The molecule has 1 amide bonds. The number of para-hydroxylation sites is 1. The lowest BCUT2D eigenvalue weighted by Crippen LogP contribution is -2.07. The normalized spacial score (nSPS) is 10.2. The molecule has 0 aliphatic carbocycles. The minimum absolute atomic E-state index is 0.120. The van der Waals surface area contributed by atoms with E-state index in [0.717, 1.165) is 17.8 Å². The lowest BCUT2D eigenvalue weighted by atomic mass is 10.1. The summed E-state index contributed by atoms with van der Waals surface area (Å²) >= 11 is 0. The average Bonchev–Trinajstić information content (AvgIpc) is 2.42. The molecule has 4 nitrogen and oxygen atoms in total. The number of pyridine rings is 1. The van der Waals surface area contributed by atoms with Crippen molar-refractivity contribution < 1.29 is 4.79 Å². The SMILES string of the molecule is CCc1cccc(C)c1Nc1ccc(NC(C)=O)nc1. The molecule has 0 aliphatic rings. The first-order valence-corrected chi connectivity index (χ1v) is 6.69. The standard InChI is InChI=1S/C16H19N3O/c1-4-13-7-5-6-11(2)16(13)19-14-8-9-15(17-10-14)18-12(3)20/h5-10,19H,4H2,1-3H3,(H,17,18,20). The van der Waals surface area contributed by atoms with Gasteiger partial charge in [-0.25, -0.2) is 4.98 Å². The van der Waals surface area contributed by atoms with Crippen LogP contribution in [0.5, 0.6) is 0 Å². The molecule has 4 heteroatoms. The van der Waals surface area contributed by atoms with E-state index in [1.165, 1.54) is 18.1 Å². The van der Waals surface area contributed by atoms with Gasteiger partial charge in [-0.2, -0.15) is 0 Å². The van der Waals surface area contributed by atoms with Crippen molar-refractivity contribution in [3.63, 3.8) is 0 Å². The Hall–Kier alpha value is -2.36. The molecule has 20 heavy (non-hydrogen) atoms. The van der Waals surface area contributed by atoms with E-state index in [9.17, 15) is 4.79 Å². The van der Waals surface area contributed by atoms with Gasteiger partial charge in [0.05, 0.1) is 11.9 Å². The van der Waals surface area contributed by atoms with Crippen molar-refractivity contribution in [2.24, 2.45) is 0 Å². The topological polar surface area (TPSA) is 54.0 Å². The number of benzene rings is 1. The van der Waals surface area contributed by atoms with E-state index in [0.29, 0.717) is 5.82 Å². The predicted octanol–water partition coefficient (Wildman–Crippen LogP) is 3.65. The molecule has 0 spiro atoms. The van der Waals surface area contributed by atoms with Crippen LogP contribution in [0, 0.1) is 6.92 Å². The molecule has 2 rings (SSSR count). The smallest absolute Gasteiger partial charge is 0.222 e. The van der Waals surface area contributed by atoms with E-state index >= 15 is 0 Å². The van der Waals surface area contributed by atoms with Crippen molar-refractivity contribution in [3.8, 4) is 0 Å². The highest BCUT2D eigenvalue weighted by Crippen LogP contribution is 2.25. The van der Waals surface area contributed by atoms with Crippen LogP contribution < -0.4 is 10.6 Å². The molecular weight excluding hydrogens is 250 g/mol. The fraction of sp³-hybridized carbons (Fsp3) is 0.250. The maximum atomic E-state index is 11.0. The summed E-state index contributed by atoms with van der Waals surface area (Å²) in [6.07, 6.45) is 2.69. The van der Waals surface area contributed by atoms with E-state index in [4.69, 9.17) is 0 Å². The second-order valence-electron chi connectivity index (χ2n) is 4.70. The highest BCUT2D eigenvalue weighted by molar-refractivity contribution is 5.87. The summed E-state index contributed by atoms with van der Waals surface area (Å²) in [5.74, 6) is 0.439. The number of hydrogen-bond donors (Lipinski definition) is 2. The van der Waals surface area contributed by atoms with Crippen LogP contribution in [0.15, 0.2) is 36.5 Å². The summed E-state index contributed by atoms with van der Waals surface area (Å²) in [6.45, 7) is 5.69. The molecule has 1 aromatic carbocycles. The molecule has 0 atom stereocenters. The third-order valence-corrected chi connectivity index (χ3v) is 3.08. The molecule has 0 aliphatic heterocycles. The molecule has 0 unspecified atom stereocenters. The van der Waals surface area contributed by atoms with Crippen molar-refractivity contribution in [1.29, 1.82) is 0 Å². The van der Waals surface area contributed by atoms with Crippen LogP contribution in [0.1, 0.15) is 25.0 Å². The highest BCUT2D eigenvalue weighted by Gasteiger charge is 2.05. The summed E-state index contributed by atoms with van der Waals surface area (Å²) in [6, 6.07) is 9.96. The molecule has 0 saturated heterocycles.